The number of nitrogens with two attached hydrogens (primary N) is 1. The van der Waals surface area contributed by atoms with Crippen LogP contribution in [0.15, 0.2) is 45.7 Å². The van der Waals surface area contributed by atoms with Crippen molar-refractivity contribution in [2.24, 2.45) is 0 Å². The number of thiazole rings is 1. The normalized spacial score (nSPS) is 11.0. The molecule has 3 aromatic heterocycles. The van der Waals surface area contributed by atoms with Gasteiger partial charge in [0, 0.05) is 16.7 Å². The second kappa shape index (κ2) is 6.93. The first-order chi connectivity index (χ1) is 13.0. The molecule has 0 aliphatic rings. The van der Waals surface area contributed by atoms with Crippen molar-refractivity contribution in [2.45, 2.75) is 13.5 Å². The Balaban J connectivity index is 1.71. The van der Waals surface area contributed by atoms with E-state index < -0.39 is 0 Å². The van der Waals surface area contributed by atoms with Crippen LogP contribution in [0.4, 0.5) is 5.95 Å². The minimum Gasteiger partial charge on any atom is -0.365 e. The van der Waals surface area contributed by atoms with Crippen LogP contribution in [0.3, 0.4) is 0 Å². The highest BCUT2D eigenvalue weighted by atomic mass is 35.5. The van der Waals surface area contributed by atoms with Crippen LogP contribution in [-0.4, -0.2) is 24.9 Å². The maximum absolute atomic E-state index is 12.1. The number of benzene rings is 1. The summed E-state index contributed by atoms with van der Waals surface area (Å²) in [6.45, 7) is 1.94. The zero-order valence-corrected chi connectivity index (χ0v) is 15.7. The summed E-state index contributed by atoms with van der Waals surface area (Å²) in [5.74, 6) is 0.221. The van der Waals surface area contributed by atoms with Crippen molar-refractivity contribution in [3.05, 3.63) is 63.4 Å². The average Bonchev–Trinajstić information content (AvgIpc) is 3.22. The molecule has 0 bridgehead atoms. The second-order valence-corrected chi connectivity index (χ2v) is 7.14. The molecule has 0 spiro atoms. The molecule has 4 rings (SSSR count). The fraction of sp³-hybridized carbons (Fsp3) is 0.118. The number of anilines is 1. The quantitative estimate of drug-likeness (QED) is 0.560. The molecule has 0 amide bonds. The van der Waals surface area contributed by atoms with Crippen molar-refractivity contribution in [2.75, 3.05) is 5.73 Å². The van der Waals surface area contributed by atoms with E-state index in [1.807, 2.05) is 31.2 Å². The summed E-state index contributed by atoms with van der Waals surface area (Å²) in [7, 11) is 0. The number of nitrogens with zero attached hydrogens (tertiary/aromatic N) is 5. The zero-order valence-electron chi connectivity index (χ0n) is 14.1. The van der Waals surface area contributed by atoms with E-state index in [4.69, 9.17) is 21.9 Å². The van der Waals surface area contributed by atoms with Gasteiger partial charge in [0.05, 0.1) is 10.6 Å². The van der Waals surface area contributed by atoms with Gasteiger partial charge in [-0.1, -0.05) is 23.7 Å². The van der Waals surface area contributed by atoms with Crippen LogP contribution < -0.4 is 11.3 Å². The Morgan fingerprint density at radius 3 is 2.85 bits per heavy atom. The van der Waals surface area contributed by atoms with Gasteiger partial charge in [-0.05, 0) is 30.3 Å². The standard InChI is InChI=1S/C17H13ClN6O2S/c1-9-15(27-16(20-9)10-3-2-4-11(18)7-10)12-5-6-14(25)24(22-12)8-13-21-17(19)23-26-13/h2-7H,8H2,1H3,(H2,19,23). The van der Waals surface area contributed by atoms with Crippen LogP contribution in [-0.2, 0) is 6.54 Å². The molecular formula is C17H13ClN6O2S. The van der Waals surface area contributed by atoms with E-state index in [0.717, 1.165) is 21.1 Å². The molecule has 0 atom stereocenters. The third-order valence-electron chi connectivity index (χ3n) is 3.74. The molecule has 4 aromatic rings. The van der Waals surface area contributed by atoms with Crippen LogP contribution in [0.1, 0.15) is 11.6 Å². The molecule has 0 unspecified atom stereocenters. The predicted octanol–water partition coefficient (Wildman–Crippen LogP) is 3.01. The molecule has 0 fully saturated rings. The van der Waals surface area contributed by atoms with E-state index in [2.05, 4.69) is 20.2 Å². The van der Waals surface area contributed by atoms with Gasteiger partial charge in [-0.3, -0.25) is 4.79 Å². The van der Waals surface area contributed by atoms with Gasteiger partial charge in [-0.25, -0.2) is 9.67 Å². The Labute approximate surface area is 162 Å². The van der Waals surface area contributed by atoms with Crippen molar-refractivity contribution in [1.82, 2.24) is 24.9 Å². The number of aromatic nitrogens is 5. The Hall–Kier alpha value is -3.04. The summed E-state index contributed by atoms with van der Waals surface area (Å²) in [6.07, 6.45) is 0. The van der Waals surface area contributed by atoms with Crippen molar-refractivity contribution in [1.29, 1.82) is 0 Å². The van der Waals surface area contributed by atoms with Gasteiger partial charge >= 0.3 is 0 Å². The Bertz CT molecular complexity index is 1180. The fourth-order valence-electron chi connectivity index (χ4n) is 2.52. The van der Waals surface area contributed by atoms with Gasteiger partial charge in [0.15, 0.2) is 0 Å². The maximum atomic E-state index is 12.1. The van der Waals surface area contributed by atoms with E-state index in [-0.39, 0.29) is 23.9 Å². The zero-order chi connectivity index (χ0) is 19.0. The van der Waals surface area contributed by atoms with Crippen LogP contribution in [0.25, 0.3) is 21.1 Å². The Kier molecular flexibility index (Phi) is 4.46. The van der Waals surface area contributed by atoms with Crippen LogP contribution in [0.2, 0.25) is 5.02 Å². The molecule has 8 nitrogen and oxygen atoms in total. The van der Waals surface area contributed by atoms with Crippen LogP contribution >= 0.6 is 22.9 Å². The molecule has 136 valence electrons. The van der Waals surface area contributed by atoms with E-state index in [1.165, 1.54) is 22.1 Å². The minimum atomic E-state index is -0.284. The highest BCUT2D eigenvalue weighted by molar-refractivity contribution is 7.18. The van der Waals surface area contributed by atoms with Crippen LogP contribution in [0, 0.1) is 6.92 Å². The lowest BCUT2D eigenvalue weighted by Gasteiger charge is -2.03. The number of nitrogen functional groups attached to an aromatic ring is 1. The van der Waals surface area contributed by atoms with E-state index in [1.54, 1.807) is 6.07 Å². The lowest BCUT2D eigenvalue weighted by atomic mass is 10.2. The van der Waals surface area contributed by atoms with E-state index >= 15 is 0 Å². The maximum Gasteiger partial charge on any atom is 0.267 e. The van der Waals surface area contributed by atoms with Gasteiger partial charge < -0.3 is 10.3 Å². The second-order valence-electron chi connectivity index (χ2n) is 5.70. The van der Waals surface area contributed by atoms with Crippen molar-refractivity contribution >= 4 is 28.9 Å². The highest BCUT2D eigenvalue weighted by Gasteiger charge is 2.15. The summed E-state index contributed by atoms with van der Waals surface area (Å²) in [5, 5.41) is 9.40. The third kappa shape index (κ3) is 3.60. The summed E-state index contributed by atoms with van der Waals surface area (Å²) in [4.78, 5) is 21.5. The summed E-state index contributed by atoms with van der Waals surface area (Å²) < 4.78 is 6.21. The number of halogens is 1. The predicted molar refractivity (Wildman–Crippen MR) is 103 cm³/mol. The van der Waals surface area contributed by atoms with Crippen molar-refractivity contribution < 1.29 is 4.52 Å². The van der Waals surface area contributed by atoms with Crippen molar-refractivity contribution in [3.8, 4) is 21.1 Å². The first kappa shape index (κ1) is 17.4. The van der Waals surface area contributed by atoms with Gasteiger partial charge in [0.25, 0.3) is 11.5 Å². The topological polar surface area (TPSA) is 113 Å². The Morgan fingerprint density at radius 1 is 1.26 bits per heavy atom. The molecule has 10 heteroatoms. The number of hydrogen-bond acceptors (Lipinski definition) is 8. The summed E-state index contributed by atoms with van der Waals surface area (Å²) in [6, 6.07) is 10.6. The number of aryl methyl sites for hydroxylation is 1. The van der Waals surface area contributed by atoms with Gasteiger partial charge in [0.2, 0.25) is 5.89 Å². The molecule has 0 aliphatic heterocycles. The van der Waals surface area contributed by atoms with Gasteiger partial charge in [0.1, 0.15) is 17.2 Å². The first-order valence-corrected chi connectivity index (χ1v) is 9.09. The molecule has 0 radical (unpaired) electrons. The molecule has 0 aliphatic carbocycles. The minimum absolute atomic E-state index is 0.0127. The molecule has 0 saturated heterocycles. The fourth-order valence-corrected chi connectivity index (χ4v) is 3.74. The lowest BCUT2D eigenvalue weighted by Crippen LogP contribution is -2.23. The van der Waals surface area contributed by atoms with E-state index in [9.17, 15) is 4.79 Å². The molecule has 2 N–H and O–H groups in total. The highest BCUT2D eigenvalue weighted by Crippen LogP contribution is 2.34. The van der Waals surface area contributed by atoms with Gasteiger partial charge in [-0.2, -0.15) is 10.1 Å². The average molecular weight is 401 g/mol. The molecule has 3 heterocycles. The van der Waals surface area contributed by atoms with E-state index in [0.29, 0.717) is 10.7 Å². The monoisotopic (exact) mass is 400 g/mol. The van der Waals surface area contributed by atoms with Crippen molar-refractivity contribution in [3.63, 3.8) is 0 Å². The smallest absolute Gasteiger partial charge is 0.267 e. The molecule has 1 aromatic carbocycles. The third-order valence-corrected chi connectivity index (χ3v) is 5.20. The molecule has 27 heavy (non-hydrogen) atoms. The Morgan fingerprint density at radius 2 is 2.11 bits per heavy atom. The number of hydrogen-bond donors (Lipinski definition) is 1. The van der Waals surface area contributed by atoms with Crippen LogP contribution in [0.5, 0.6) is 0 Å². The summed E-state index contributed by atoms with van der Waals surface area (Å²) in [5.41, 5.74) is 7.53. The largest absolute Gasteiger partial charge is 0.365 e. The van der Waals surface area contributed by atoms with Gasteiger partial charge in [-0.15, -0.1) is 11.3 Å². The molecule has 0 saturated carbocycles. The summed E-state index contributed by atoms with van der Waals surface area (Å²) >= 11 is 7.55. The SMILES string of the molecule is Cc1nc(-c2cccc(Cl)c2)sc1-c1ccc(=O)n(Cc2nc(N)no2)n1. The number of rotatable bonds is 4. The molecular weight excluding hydrogens is 388 g/mol. The first-order valence-electron chi connectivity index (χ1n) is 7.89. The lowest BCUT2D eigenvalue weighted by molar-refractivity contribution is 0.364.